The van der Waals surface area contributed by atoms with Crippen LogP contribution in [0.3, 0.4) is 0 Å². The molecule has 0 saturated carbocycles. The second-order valence-electron chi connectivity index (χ2n) is 8.75. The quantitative estimate of drug-likeness (QED) is 0.156. The lowest BCUT2D eigenvalue weighted by molar-refractivity contribution is -0.140. The molecule has 1 N–H and O–H groups in total. The first kappa shape index (κ1) is 41.1. The molecule has 0 spiro atoms. The van der Waals surface area contributed by atoms with Gasteiger partial charge in [-0.3, -0.25) is 0 Å². The molecule has 1 aromatic rings. The molecular weight excluding hydrogens is 584 g/mol. The van der Waals surface area contributed by atoms with Gasteiger partial charge in [0.25, 0.3) is 0 Å². The number of benzene rings is 1. The second kappa shape index (κ2) is 22.5. The molecule has 43 heavy (non-hydrogen) atoms. The standard InChI is InChI=1S/C12H14O4S.C7H10O3.C6H10O3.C5H8O2/c1-3-12(13)16-8-9-17(14,15)11-6-4-10(2)5-7-11;1-5(2)7(8)10-4-6-3-9-6;1-5(2)6(8)9-4-3-7;1-4(2)5(6)7-3/h3-7H,1,8-9H2,2H3;6H,1,3-4H2,2H3;7H,1,3-4H2,2H3;1H2,2-3H3. The van der Waals surface area contributed by atoms with Crippen molar-refractivity contribution in [1.82, 2.24) is 0 Å². The largest absolute Gasteiger partial charge is 0.466 e. The highest BCUT2D eigenvalue weighted by atomic mass is 32.2. The fraction of sp³-hybridized carbons (Fsp3) is 0.400. The van der Waals surface area contributed by atoms with E-state index in [9.17, 15) is 27.6 Å². The van der Waals surface area contributed by atoms with E-state index in [1.807, 2.05) is 6.92 Å². The zero-order valence-electron chi connectivity index (χ0n) is 25.4. The monoisotopic (exact) mass is 626 g/mol. The summed E-state index contributed by atoms with van der Waals surface area (Å²) in [6, 6.07) is 6.53. The molecule has 1 aromatic carbocycles. The lowest BCUT2D eigenvalue weighted by Crippen LogP contribution is -2.14. The van der Waals surface area contributed by atoms with Crippen molar-refractivity contribution in [2.75, 3.05) is 45.9 Å². The van der Waals surface area contributed by atoms with Crippen molar-refractivity contribution in [3.8, 4) is 0 Å². The van der Waals surface area contributed by atoms with Gasteiger partial charge < -0.3 is 28.8 Å². The molecule has 1 aliphatic rings. The Morgan fingerprint density at radius 2 is 1.40 bits per heavy atom. The normalized spacial score (nSPS) is 12.5. The molecule has 2 rings (SSSR count). The van der Waals surface area contributed by atoms with Crippen LogP contribution in [0.25, 0.3) is 0 Å². The minimum atomic E-state index is -3.39. The third kappa shape index (κ3) is 22.2. The van der Waals surface area contributed by atoms with Gasteiger partial charge in [-0.25, -0.2) is 27.6 Å². The molecule has 1 heterocycles. The highest BCUT2D eigenvalue weighted by Crippen LogP contribution is 2.12. The van der Waals surface area contributed by atoms with Crippen molar-refractivity contribution in [2.45, 2.75) is 38.7 Å². The minimum Gasteiger partial charge on any atom is -0.466 e. The molecule has 0 amide bonds. The van der Waals surface area contributed by atoms with Crippen molar-refractivity contribution in [3.05, 3.63) is 78.9 Å². The van der Waals surface area contributed by atoms with Gasteiger partial charge in [-0.1, -0.05) is 44.0 Å². The summed E-state index contributed by atoms with van der Waals surface area (Å²) in [5, 5.41) is 8.19. The third-order valence-electron chi connectivity index (χ3n) is 4.50. The van der Waals surface area contributed by atoms with E-state index in [1.54, 1.807) is 45.0 Å². The summed E-state index contributed by atoms with van der Waals surface area (Å²) in [6.07, 6.45) is 1.14. The average Bonchev–Trinajstić information content (AvgIpc) is 3.79. The Kier molecular flexibility index (Phi) is 21.5. The molecule has 240 valence electrons. The number of epoxide rings is 1. The Bertz CT molecular complexity index is 1210. The summed E-state index contributed by atoms with van der Waals surface area (Å²) in [6.45, 7) is 20.8. The van der Waals surface area contributed by atoms with Crippen LogP contribution in [0.15, 0.2) is 78.3 Å². The number of esters is 4. The Morgan fingerprint density at radius 1 is 0.907 bits per heavy atom. The maximum absolute atomic E-state index is 11.8. The van der Waals surface area contributed by atoms with Crippen LogP contribution in [0.1, 0.15) is 26.3 Å². The number of hydrogen-bond acceptors (Lipinski definition) is 12. The van der Waals surface area contributed by atoms with Crippen LogP contribution in [0.5, 0.6) is 0 Å². The van der Waals surface area contributed by atoms with Gasteiger partial charge in [0.05, 0.1) is 31.0 Å². The van der Waals surface area contributed by atoms with Gasteiger partial charge in [-0.05, 0) is 39.8 Å². The molecule has 12 nitrogen and oxygen atoms in total. The summed E-state index contributed by atoms with van der Waals surface area (Å²) in [5.41, 5.74) is 2.20. The first-order chi connectivity index (χ1) is 20.0. The molecule has 0 aliphatic carbocycles. The molecule has 1 fully saturated rings. The summed E-state index contributed by atoms with van der Waals surface area (Å²) in [7, 11) is -2.06. The summed E-state index contributed by atoms with van der Waals surface area (Å²) >= 11 is 0. The highest BCUT2D eigenvalue weighted by Gasteiger charge is 2.24. The molecule has 13 heteroatoms. The van der Waals surface area contributed by atoms with Crippen LogP contribution in [0.4, 0.5) is 0 Å². The number of carbonyl (C=O) groups is 4. The highest BCUT2D eigenvalue weighted by molar-refractivity contribution is 7.91. The number of aryl methyl sites for hydroxylation is 1. The zero-order chi connectivity index (χ0) is 33.6. The van der Waals surface area contributed by atoms with Gasteiger partial charge in [0, 0.05) is 22.8 Å². The van der Waals surface area contributed by atoms with E-state index in [1.165, 1.54) is 7.11 Å². The Balaban J connectivity index is 0. The van der Waals surface area contributed by atoms with Crippen molar-refractivity contribution >= 4 is 33.7 Å². The van der Waals surface area contributed by atoms with E-state index in [4.69, 9.17) is 14.6 Å². The van der Waals surface area contributed by atoms with Gasteiger partial charge in [-0.2, -0.15) is 0 Å². The minimum absolute atomic E-state index is 0.0473. The average molecular weight is 627 g/mol. The molecule has 0 aromatic heterocycles. The van der Waals surface area contributed by atoms with E-state index in [2.05, 4.69) is 40.5 Å². The topological polar surface area (TPSA) is 172 Å². The van der Waals surface area contributed by atoms with E-state index >= 15 is 0 Å². The fourth-order valence-corrected chi connectivity index (χ4v) is 3.16. The van der Waals surface area contributed by atoms with E-state index in [0.29, 0.717) is 29.9 Å². The van der Waals surface area contributed by atoms with Crippen LogP contribution in [0, 0.1) is 6.92 Å². The van der Waals surface area contributed by atoms with E-state index < -0.39 is 21.8 Å². The Labute approximate surface area is 253 Å². The number of carbonyl (C=O) groups excluding carboxylic acids is 4. The SMILES string of the molecule is C=C(C)C(=O)OC.C=C(C)C(=O)OCC1CO1.C=C(C)C(=O)OCCO.C=CC(=O)OCCS(=O)(=O)c1ccc(C)cc1. The number of rotatable bonds is 12. The molecule has 0 bridgehead atoms. The second-order valence-corrected chi connectivity index (χ2v) is 10.9. The van der Waals surface area contributed by atoms with Gasteiger partial charge in [0.15, 0.2) is 9.84 Å². The predicted octanol–water partition coefficient (Wildman–Crippen LogP) is 2.84. The number of aliphatic hydroxyl groups is 1. The molecule has 1 aliphatic heterocycles. The van der Waals surface area contributed by atoms with Crippen molar-refractivity contribution in [3.63, 3.8) is 0 Å². The lowest BCUT2D eigenvalue weighted by atomic mass is 10.2. The number of hydrogen-bond donors (Lipinski definition) is 1. The van der Waals surface area contributed by atoms with Gasteiger partial charge in [0.2, 0.25) is 0 Å². The maximum Gasteiger partial charge on any atom is 0.333 e. The van der Waals surface area contributed by atoms with Crippen molar-refractivity contribution in [1.29, 1.82) is 0 Å². The first-order valence-corrected chi connectivity index (χ1v) is 14.4. The van der Waals surface area contributed by atoms with E-state index in [0.717, 1.165) is 11.6 Å². The molecule has 1 atom stereocenters. The number of methoxy groups -OCH3 is 1. The predicted molar refractivity (Wildman–Crippen MR) is 160 cm³/mol. The van der Waals surface area contributed by atoms with E-state index in [-0.39, 0.29) is 48.5 Å². The van der Waals surface area contributed by atoms with Gasteiger partial charge in [0.1, 0.15) is 25.9 Å². The number of aliphatic hydroxyl groups excluding tert-OH is 1. The van der Waals surface area contributed by atoms with Gasteiger partial charge >= 0.3 is 23.9 Å². The van der Waals surface area contributed by atoms with Crippen LogP contribution < -0.4 is 0 Å². The van der Waals surface area contributed by atoms with Crippen LogP contribution in [0.2, 0.25) is 0 Å². The molecule has 1 saturated heterocycles. The van der Waals surface area contributed by atoms with Crippen molar-refractivity contribution < 1.29 is 56.4 Å². The van der Waals surface area contributed by atoms with Crippen LogP contribution in [-0.2, 0) is 52.7 Å². The van der Waals surface area contributed by atoms with Crippen molar-refractivity contribution in [2.24, 2.45) is 0 Å². The summed E-state index contributed by atoms with van der Waals surface area (Å²) < 4.78 is 46.6. The van der Waals surface area contributed by atoms with Gasteiger partial charge in [-0.15, -0.1) is 0 Å². The summed E-state index contributed by atoms with van der Waals surface area (Å²) in [4.78, 5) is 42.3. The number of ether oxygens (including phenoxy) is 5. The summed E-state index contributed by atoms with van der Waals surface area (Å²) in [5.74, 6) is -1.99. The lowest BCUT2D eigenvalue weighted by Gasteiger charge is -2.05. The molecule has 0 radical (unpaired) electrons. The smallest absolute Gasteiger partial charge is 0.333 e. The third-order valence-corrected chi connectivity index (χ3v) is 6.20. The fourth-order valence-electron chi connectivity index (χ4n) is 2.07. The molecule has 1 unspecified atom stereocenters. The Morgan fingerprint density at radius 3 is 1.77 bits per heavy atom. The maximum atomic E-state index is 11.8. The van der Waals surface area contributed by atoms with Crippen LogP contribution in [-0.4, -0.2) is 89.4 Å². The molecular formula is C30H42O12S. The Hall–Kier alpha value is -4.07. The first-order valence-electron chi connectivity index (χ1n) is 12.7. The zero-order valence-corrected chi connectivity index (χ0v) is 26.2. The number of sulfone groups is 1. The van der Waals surface area contributed by atoms with Crippen LogP contribution >= 0.6 is 0 Å².